The van der Waals surface area contributed by atoms with Crippen molar-refractivity contribution in [3.8, 4) is 0 Å². The molecule has 0 saturated heterocycles. The Balaban J connectivity index is 2.00. The number of Topliss-reactive ketones (excluding diaryl/α,β-unsaturated/α-hetero) is 1. The maximum absolute atomic E-state index is 13.5. The fraction of sp³-hybridized carbons (Fsp3) is 0.476. The molecule has 2 aromatic heterocycles. The molecule has 150 valence electrons. The van der Waals surface area contributed by atoms with E-state index in [2.05, 4.69) is 0 Å². The topological polar surface area (TPSA) is 68.6 Å². The first-order valence-electron chi connectivity index (χ1n) is 9.51. The lowest BCUT2D eigenvalue weighted by atomic mass is 9.99. The Bertz CT molecular complexity index is 909. The van der Waals surface area contributed by atoms with Gasteiger partial charge in [-0.1, -0.05) is 6.07 Å². The van der Waals surface area contributed by atoms with Crippen molar-refractivity contribution in [3.05, 3.63) is 44.9 Å². The maximum Gasteiger partial charge on any atom is 0.354 e. The zero-order valence-corrected chi connectivity index (χ0v) is 17.8. The summed E-state index contributed by atoms with van der Waals surface area (Å²) in [7, 11) is 1.34. The third-order valence-corrected chi connectivity index (χ3v) is 6.27. The van der Waals surface area contributed by atoms with Crippen LogP contribution in [-0.2, 0) is 11.3 Å². The molecule has 1 saturated carbocycles. The second-order valence-corrected chi connectivity index (χ2v) is 8.08. The van der Waals surface area contributed by atoms with Crippen LogP contribution in [0.25, 0.3) is 0 Å². The fourth-order valence-electron chi connectivity index (χ4n) is 3.89. The monoisotopic (exact) mass is 402 g/mol. The van der Waals surface area contributed by atoms with Crippen LogP contribution in [0.3, 0.4) is 0 Å². The van der Waals surface area contributed by atoms with Gasteiger partial charge in [-0.3, -0.25) is 9.59 Å². The van der Waals surface area contributed by atoms with Gasteiger partial charge in [-0.2, -0.15) is 0 Å². The number of hydrogen-bond donors (Lipinski definition) is 0. The highest BCUT2D eigenvalue weighted by Crippen LogP contribution is 2.33. The number of carbonyl (C=O) groups is 3. The van der Waals surface area contributed by atoms with E-state index >= 15 is 0 Å². The predicted octanol–water partition coefficient (Wildman–Crippen LogP) is 3.85. The predicted molar refractivity (Wildman–Crippen MR) is 108 cm³/mol. The summed E-state index contributed by atoms with van der Waals surface area (Å²) < 4.78 is 6.73. The van der Waals surface area contributed by atoms with E-state index in [4.69, 9.17) is 4.74 Å². The first kappa shape index (κ1) is 20.3. The minimum absolute atomic E-state index is 0.0995. The molecule has 0 aromatic carbocycles. The van der Waals surface area contributed by atoms with Crippen molar-refractivity contribution >= 4 is 29.0 Å². The Morgan fingerprint density at radius 1 is 1.32 bits per heavy atom. The Morgan fingerprint density at radius 3 is 2.50 bits per heavy atom. The van der Waals surface area contributed by atoms with Crippen molar-refractivity contribution in [1.82, 2.24) is 9.47 Å². The van der Waals surface area contributed by atoms with Gasteiger partial charge >= 0.3 is 5.97 Å². The minimum atomic E-state index is -0.599. The van der Waals surface area contributed by atoms with E-state index in [-0.39, 0.29) is 17.7 Å². The molecule has 0 aliphatic heterocycles. The van der Waals surface area contributed by atoms with Gasteiger partial charge in [0.25, 0.3) is 5.91 Å². The zero-order chi connectivity index (χ0) is 20.6. The Kier molecular flexibility index (Phi) is 5.74. The molecule has 3 rings (SSSR count). The number of ketones is 1. The van der Waals surface area contributed by atoms with Crippen LogP contribution >= 0.6 is 11.3 Å². The lowest BCUT2D eigenvalue weighted by Crippen LogP contribution is -2.44. The Morgan fingerprint density at radius 2 is 2.00 bits per heavy atom. The van der Waals surface area contributed by atoms with E-state index in [1.807, 2.05) is 29.9 Å². The fourth-order valence-corrected chi connectivity index (χ4v) is 4.55. The third-order valence-electron chi connectivity index (χ3n) is 5.41. The number of methoxy groups -OCH3 is 1. The minimum Gasteiger partial charge on any atom is -0.464 e. The summed E-state index contributed by atoms with van der Waals surface area (Å²) in [4.78, 5) is 41.1. The highest BCUT2D eigenvalue weighted by molar-refractivity contribution is 7.12. The maximum atomic E-state index is 13.5. The van der Waals surface area contributed by atoms with Crippen LogP contribution in [0.15, 0.2) is 17.5 Å². The van der Waals surface area contributed by atoms with Crippen molar-refractivity contribution in [2.24, 2.45) is 0 Å². The largest absolute Gasteiger partial charge is 0.464 e. The average molecular weight is 403 g/mol. The lowest BCUT2D eigenvalue weighted by Gasteiger charge is -2.28. The molecule has 0 spiro atoms. The summed E-state index contributed by atoms with van der Waals surface area (Å²) in [5.74, 6) is -0.691. The summed E-state index contributed by atoms with van der Waals surface area (Å²) in [6.07, 6.45) is 1.83. The molecule has 7 heteroatoms. The van der Waals surface area contributed by atoms with Crippen molar-refractivity contribution in [2.45, 2.75) is 59.2 Å². The Labute approximate surface area is 169 Å². The lowest BCUT2D eigenvalue weighted by molar-refractivity contribution is 0.0586. The van der Waals surface area contributed by atoms with Crippen molar-refractivity contribution in [3.63, 3.8) is 0 Å². The number of aromatic nitrogens is 1. The molecule has 28 heavy (non-hydrogen) atoms. The number of esters is 1. The van der Waals surface area contributed by atoms with Crippen LogP contribution in [-0.4, -0.2) is 46.3 Å². The molecule has 1 aliphatic carbocycles. The molecule has 0 N–H and O–H groups in total. The first-order valence-corrected chi connectivity index (χ1v) is 10.4. The number of nitrogens with zero attached hydrogens (tertiary/aromatic N) is 2. The van der Waals surface area contributed by atoms with Gasteiger partial charge in [0.2, 0.25) is 0 Å². The summed E-state index contributed by atoms with van der Waals surface area (Å²) in [6.45, 7) is 7.87. The molecule has 1 fully saturated rings. The van der Waals surface area contributed by atoms with E-state index in [9.17, 15) is 14.4 Å². The van der Waals surface area contributed by atoms with Crippen molar-refractivity contribution in [1.29, 1.82) is 0 Å². The van der Waals surface area contributed by atoms with Gasteiger partial charge in [0.05, 0.1) is 18.0 Å². The second-order valence-electron chi connectivity index (χ2n) is 7.13. The van der Waals surface area contributed by atoms with Crippen LogP contribution in [0, 0.1) is 13.8 Å². The van der Waals surface area contributed by atoms with E-state index < -0.39 is 12.0 Å². The smallest absolute Gasteiger partial charge is 0.354 e. The molecular formula is C21H26N2O4S. The summed E-state index contributed by atoms with van der Waals surface area (Å²) in [5.41, 5.74) is 2.26. The Hall–Kier alpha value is -2.41. The second kappa shape index (κ2) is 7.91. The number of hydrogen-bond acceptors (Lipinski definition) is 5. The van der Waals surface area contributed by atoms with E-state index in [0.717, 1.165) is 18.5 Å². The standard InChI is InChI=1S/C21H26N2O4S/c1-6-22-13(3)17(12(2)18(22)21(26)27-5)19(24)14(4)23(15-9-10-15)20(25)16-8-7-11-28-16/h7-8,11,14-15H,6,9-10H2,1-5H3/t14-/m1/s1. The molecule has 1 amide bonds. The zero-order valence-electron chi connectivity index (χ0n) is 16.9. The van der Waals surface area contributed by atoms with Gasteiger partial charge in [-0.05, 0) is 57.5 Å². The number of rotatable bonds is 7. The SMILES string of the molecule is CCn1c(C)c(C(=O)[C@@H](C)N(C(=O)c2cccs2)C2CC2)c(C)c1C(=O)OC. The summed E-state index contributed by atoms with van der Waals surface area (Å²) in [5, 5.41) is 1.86. The van der Waals surface area contributed by atoms with Gasteiger partial charge in [-0.15, -0.1) is 11.3 Å². The molecule has 2 heterocycles. The van der Waals surface area contributed by atoms with E-state index in [1.54, 1.807) is 24.8 Å². The van der Waals surface area contributed by atoms with E-state index in [1.165, 1.54) is 18.4 Å². The summed E-state index contributed by atoms with van der Waals surface area (Å²) in [6, 6.07) is 3.13. The number of amides is 1. The molecule has 0 radical (unpaired) electrons. The van der Waals surface area contributed by atoms with Gasteiger partial charge in [0.1, 0.15) is 5.69 Å². The van der Waals surface area contributed by atoms with Crippen LogP contribution in [0.1, 0.15) is 68.5 Å². The van der Waals surface area contributed by atoms with Gasteiger partial charge in [0.15, 0.2) is 5.78 Å². The van der Waals surface area contributed by atoms with Crippen LogP contribution in [0.4, 0.5) is 0 Å². The average Bonchev–Trinajstić information content (AvgIpc) is 3.27. The molecule has 2 aromatic rings. The molecule has 6 nitrogen and oxygen atoms in total. The number of thiophene rings is 1. The van der Waals surface area contributed by atoms with Crippen molar-refractivity contribution < 1.29 is 19.1 Å². The van der Waals surface area contributed by atoms with Crippen molar-refractivity contribution in [2.75, 3.05) is 7.11 Å². The van der Waals surface area contributed by atoms with Crippen LogP contribution in [0.2, 0.25) is 0 Å². The molecule has 1 aliphatic rings. The van der Waals surface area contributed by atoms with Crippen LogP contribution in [0.5, 0.6) is 0 Å². The van der Waals surface area contributed by atoms with Gasteiger partial charge < -0.3 is 14.2 Å². The molecular weight excluding hydrogens is 376 g/mol. The highest BCUT2D eigenvalue weighted by atomic mass is 32.1. The van der Waals surface area contributed by atoms with Gasteiger partial charge in [-0.25, -0.2) is 4.79 Å². The highest BCUT2D eigenvalue weighted by Gasteiger charge is 2.40. The number of carbonyl (C=O) groups excluding carboxylic acids is 3. The molecule has 0 unspecified atom stereocenters. The van der Waals surface area contributed by atoms with E-state index in [0.29, 0.717) is 28.2 Å². The van der Waals surface area contributed by atoms with Gasteiger partial charge in [0, 0.05) is 23.8 Å². The molecule has 1 atom stereocenters. The molecule has 0 bridgehead atoms. The number of ether oxygens (including phenoxy) is 1. The first-order chi connectivity index (χ1) is 13.3. The third kappa shape index (κ3) is 3.39. The summed E-state index contributed by atoms with van der Waals surface area (Å²) >= 11 is 1.39. The van der Waals surface area contributed by atoms with Crippen LogP contribution < -0.4 is 0 Å². The quantitative estimate of drug-likeness (QED) is 0.521. The normalized spacial score (nSPS) is 14.6.